The molecule has 0 saturated carbocycles. The van der Waals surface area contributed by atoms with Crippen molar-refractivity contribution in [1.29, 1.82) is 0 Å². The molecule has 0 aliphatic rings. The second-order valence-electron chi connectivity index (χ2n) is 5.68. The fourth-order valence-corrected chi connectivity index (χ4v) is 2.64. The fraction of sp³-hybridized carbons (Fsp3) is 0.733. The number of rotatable bonds is 7. The summed E-state index contributed by atoms with van der Waals surface area (Å²) in [6.07, 6.45) is 1.23. The van der Waals surface area contributed by atoms with E-state index in [9.17, 15) is 9.90 Å². The first-order valence-electron chi connectivity index (χ1n) is 7.51. The van der Waals surface area contributed by atoms with Crippen LogP contribution in [0.25, 0.3) is 0 Å². The Bertz CT molecular complexity index is 482. The first-order valence-corrected chi connectivity index (χ1v) is 7.89. The van der Waals surface area contributed by atoms with Gasteiger partial charge in [0.15, 0.2) is 0 Å². The third-order valence-corrected chi connectivity index (χ3v) is 4.28. The first-order chi connectivity index (χ1) is 9.83. The number of carbonyl (C=O) groups excluding carboxylic acids is 1. The number of aliphatic hydroxyl groups is 1. The molecule has 0 aliphatic carbocycles. The Morgan fingerprint density at radius 1 is 1.38 bits per heavy atom. The molecule has 1 aromatic rings. The van der Waals surface area contributed by atoms with Crippen molar-refractivity contribution in [1.82, 2.24) is 15.1 Å². The highest BCUT2D eigenvalue weighted by Gasteiger charge is 2.24. The number of nitrogens with one attached hydrogen (secondary N) is 1. The lowest BCUT2D eigenvalue weighted by Gasteiger charge is -2.20. The lowest BCUT2D eigenvalue weighted by atomic mass is 9.96. The van der Waals surface area contributed by atoms with E-state index in [2.05, 4.69) is 10.4 Å². The largest absolute Gasteiger partial charge is 0.391 e. The first kappa shape index (κ1) is 18.0. The van der Waals surface area contributed by atoms with Gasteiger partial charge in [0.2, 0.25) is 0 Å². The average molecular weight is 316 g/mol. The van der Waals surface area contributed by atoms with Crippen molar-refractivity contribution in [3.63, 3.8) is 0 Å². The van der Waals surface area contributed by atoms with Crippen molar-refractivity contribution in [3.8, 4) is 0 Å². The van der Waals surface area contributed by atoms with E-state index in [1.165, 1.54) is 4.68 Å². The summed E-state index contributed by atoms with van der Waals surface area (Å²) in [5.41, 5.74) is 1.09. The summed E-state index contributed by atoms with van der Waals surface area (Å²) >= 11 is 6.16. The third kappa shape index (κ3) is 4.20. The van der Waals surface area contributed by atoms with Gasteiger partial charge in [-0.05, 0) is 11.8 Å². The van der Waals surface area contributed by atoms with Crippen LogP contribution in [0.3, 0.4) is 0 Å². The molecule has 1 unspecified atom stereocenters. The number of hydrogen-bond donors (Lipinski definition) is 2. The second-order valence-corrected chi connectivity index (χ2v) is 6.04. The van der Waals surface area contributed by atoms with E-state index in [1.54, 1.807) is 7.05 Å². The van der Waals surface area contributed by atoms with Crippen molar-refractivity contribution in [3.05, 3.63) is 16.4 Å². The van der Waals surface area contributed by atoms with Gasteiger partial charge in [-0.3, -0.25) is 9.48 Å². The SMILES string of the molecule is CCC(CC)C(O)CNC(=O)c1c(C(C)C)nn(C)c1Cl. The Morgan fingerprint density at radius 2 is 1.95 bits per heavy atom. The highest BCUT2D eigenvalue weighted by molar-refractivity contribution is 6.33. The summed E-state index contributed by atoms with van der Waals surface area (Å²) in [7, 11) is 1.71. The molecule has 21 heavy (non-hydrogen) atoms. The Morgan fingerprint density at radius 3 is 2.43 bits per heavy atom. The van der Waals surface area contributed by atoms with Crippen LogP contribution in [-0.2, 0) is 7.05 Å². The van der Waals surface area contributed by atoms with Gasteiger partial charge < -0.3 is 10.4 Å². The Balaban J connectivity index is 2.81. The third-order valence-electron chi connectivity index (χ3n) is 3.84. The number of amides is 1. The smallest absolute Gasteiger partial charge is 0.256 e. The van der Waals surface area contributed by atoms with Gasteiger partial charge >= 0.3 is 0 Å². The Kier molecular flexibility index (Phi) is 6.68. The van der Waals surface area contributed by atoms with Crippen LogP contribution in [0.2, 0.25) is 5.15 Å². The summed E-state index contributed by atoms with van der Waals surface area (Å²) in [6.45, 7) is 8.24. The van der Waals surface area contributed by atoms with E-state index in [1.807, 2.05) is 27.7 Å². The molecular formula is C15H26ClN3O2. The van der Waals surface area contributed by atoms with Gasteiger partial charge in [-0.25, -0.2) is 0 Å². The molecule has 120 valence electrons. The van der Waals surface area contributed by atoms with E-state index < -0.39 is 6.10 Å². The maximum absolute atomic E-state index is 12.3. The van der Waals surface area contributed by atoms with Crippen LogP contribution in [0.4, 0.5) is 0 Å². The molecule has 1 heterocycles. The van der Waals surface area contributed by atoms with Crippen LogP contribution in [0.1, 0.15) is 62.5 Å². The molecule has 1 rings (SSSR count). The van der Waals surface area contributed by atoms with E-state index in [0.29, 0.717) is 16.4 Å². The molecule has 0 spiro atoms. The van der Waals surface area contributed by atoms with E-state index in [-0.39, 0.29) is 24.3 Å². The Hall–Kier alpha value is -1.07. The van der Waals surface area contributed by atoms with Crippen LogP contribution in [0, 0.1) is 5.92 Å². The second kappa shape index (κ2) is 7.80. The number of aryl methyl sites for hydroxylation is 1. The zero-order chi connectivity index (χ0) is 16.2. The zero-order valence-corrected chi connectivity index (χ0v) is 14.2. The molecule has 0 aromatic carbocycles. The zero-order valence-electron chi connectivity index (χ0n) is 13.5. The number of halogens is 1. The van der Waals surface area contributed by atoms with Crippen molar-refractivity contribution in [2.45, 2.75) is 52.6 Å². The maximum Gasteiger partial charge on any atom is 0.256 e. The van der Waals surface area contributed by atoms with E-state index in [0.717, 1.165) is 12.8 Å². The van der Waals surface area contributed by atoms with Gasteiger partial charge in [-0.2, -0.15) is 5.10 Å². The van der Waals surface area contributed by atoms with Gasteiger partial charge in [0.05, 0.1) is 17.4 Å². The summed E-state index contributed by atoms with van der Waals surface area (Å²) in [5, 5.41) is 17.5. The number of hydrogen-bond acceptors (Lipinski definition) is 3. The van der Waals surface area contributed by atoms with E-state index in [4.69, 9.17) is 11.6 Å². The lowest BCUT2D eigenvalue weighted by molar-refractivity contribution is 0.0816. The molecule has 1 aromatic heterocycles. The molecule has 0 bridgehead atoms. The maximum atomic E-state index is 12.3. The summed E-state index contributed by atoms with van der Waals surface area (Å²) in [5.74, 6) is 0.0226. The van der Waals surface area contributed by atoms with Gasteiger partial charge in [0.1, 0.15) is 5.15 Å². The quantitative estimate of drug-likeness (QED) is 0.813. The number of aliphatic hydroxyl groups excluding tert-OH is 1. The molecule has 6 heteroatoms. The molecule has 2 N–H and O–H groups in total. The van der Waals surface area contributed by atoms with Gasteiger partial charge in [-0.15, -0.1) is 0 Å². The lowest BCUT2D eigenvalue weighted by Crippen LogP contribution is -2.36. The van der Waals surface area contributed by atoms with Crippen molar-refractivity contribution >= 4 is 17.5 Å². The van der Waals surface area contributed by atoms with Crippen LogP contribution in [-0.4, -0.2) is 33.4 Å². The highest BCUT2D eigenvalue weighted by Crippen LogP contribution is 2.25. The number of nitrogens with zero attached hydrogens (tertiary/aromatic N) is 2. The number of aromatic nitrogens is 2. The van der Waals surface area contributed by atoms with Crippen LogP contribution in [0.15, 0.2) is 0 Å². The monoisotopic (exact) mass is 315 g/mol. The molecule has 0 radical (unpaired) electrons. The standard InChI is InChI=1S/C15H26ClN3O2/c1-6-10(7-2)11(20)8-17-15(21)12-13(9(3)4)18-19(5)14(12)16/h9-11,20H,6-8H2,1-5H3,(H,17,21). The molecule has 0 saturated heterocycles. The van der Waals surface area contributed by atoms with Crippen LogP contribution in [0.5, 0.6) is 0 Å². The van der Waals surface area contributed by atoms with Crippen molar-refractivity contribution < 1.29 is 9.90 Å². The van der Waals surface area contributed by atoms with Crippen LogP contribution >= 0.6 is 11.6 Å². The Labute approximate surface area is 131 Å². The summed E-state index contributed by atoms with van der Waals surface area (Å²) in [4.78, 5) is 12.3. The molecule has 1 atom stereocenters. The predicted octanol–water partition coefficient (Wildman–Crippen LogP) is 2.72. The molecular weight excluding hydrogens is 290 g/mol. The summed E-state index contributed by atoms with van der Waals surface area (Å²) < 4.78 is 1.50. The molecule has 0 fully saturated rings. The van der Waals surface area contributed by atoms with Gasteiger partial charge in [0.25, 0.3) is 5.91 Å². The minimum atomic E-state index is -0.540. The van der Waals surface area contributed by atoms with Gasteiger partial charge in [-0.1, -0.05) is 52.1 Å². The molecule has 1 amide bonds. The highest BCUT2D eigenvalue weighted by atomic mass is 35.5. The van der Waals surface area contributed by atoms with Crippen molar-refractivity contribution in [2.75, 3.05) is 6.54 Å². The van der Waals surface area contributed by atoms with E-state index >= 15 is 0 Å². The summed E-state index contributed by atoms with van der Waals surface area (Å²) in [6, 6.07) is 0. The van der Waals surface area contributed by atoms with Crippen molar-refractivity contribution in [2.24, 2.45) is 13.0 Å². The number of carbonyl (C=O) groups is 1. The minimum absolute atomic E-state index is 0.105. The molecule has 5 nitrogen and oxygen atoms in total. The minimum Gasteiger partial charge on any atom is -0.391 e. The van der Waals surface area contributed by atoms with Crippen LogP contribution < -0.4 is 5.32 Å². The normalized spacial score (nSPS) is 13.0. The average Bonchev–Trinajstić information content (AvgIpc) is 2.74. The fourth-order valence-electron chi connectivity index (χ4n) is 2.42. The molecule has 0 aliphatic heterocycles. The van der Waals surface area contributed by atoms with Gasteiger partial charge in [0, 0.05) is 13.6 Å². The predicted molar refractivity (Wildman–Crippen MR) is 84.7 cm³/mol. The topological polar surface area (TPSA) is 67.2 Å².